The minimum absolute atomic E-state index is 0.0563. The lowest BCUT2D eigenvalue weighted by Crippen LogP contribution is -2.50. The van der Waals surface area contributed by atoms with E-state index in [1.165, 1.54) is 4.31 Å². The van der Waals surface area contributed by atoms with E-state index in [0.717, 1.165) is 5.56 Å². The number of carbonyl (C=O) groups is 1. The highest BCUT2D eigenvalue weighted by Crippen LogP contribution is 2.13. The van der Waals surface area contributed by atoms with Gasteiger partial charge in [0, 0.05) is 44.1 Å². The average Bonchev–Trinajstić information content (AvgIpc) is 3.15. The second-order valence-electron chi connectivity index (χ2n) is 5.99. The molecule has 8 heteroatoms. The van der Waals surface area contributed by atoms with Crippen LogP contribution in [0.2, 0.25) is 0 Å². The number of hydrogen-bond acceptors (Lipinski definition) is 4. The molecule has 1 saturated heterocycles. The lowest BCUT2D eigenvalue weighted by atomic mass is 10.1. The Labute approximate surface area is 147 Å². The molecule has 25 heavy (non-hydrogen) atoms. The number of aromatic nitrogens is 2. The first-order chi connectivity index (χ1) is 12.0. The fourth-order valence-electron chi connectivity index (χ4n) is 2.87. The summed E-state index contributed by atoms with van der Waals surface area (Å²) in [5.74, 6) is 0.0396. The molecule has 1 amide bonds. The number of hydrogen-bond donors (Lipinski definition) is 0. The normalized spacial score (nSPS) is 16.1. The van der Waals surface area contributed by atoms with E-state index in [1.807, 2.05) is 41.2 Å². The Bertz CT molecular complexity index is 808. The lowest BCUT2D eigenvalue weighted by Gasteiger charge is -2.33. The summed E-state index contributed by atoms with van der Waals surface area (Å²) >= 11 is 0. The van der Waals surface area contributed by atoms with Crippen molar-refractivity contribution in [3.8, 4) is 0 Å². The molecule has 2 heterocycles. The minimum Gasteiger partial charge on any atom is -0.336 e. The Hall–Kier alpha value is -2.19. The number of benzene rings is 1. The van der Waals surface area contributed by atoms with Crippen LogP contribution in [0.5, 0.6) is 0 Å². The Morgan fingerprint density at radius 1 is 1.12 bits per heavy atom. The fourth-order valence-corrected chi connectivity index (χ4v) is 3.95. The van der Waals surface area contributed by atoms with Crippen molar-refractivity contribution >= 4 is 15.9 Å². The van der Waals surface area contributed by atoms with E-state index >= 15 is 0 Å². The van der Waals surface area contributed by atoms with Gasteiger partial charge in [-0.1, -0.05) is 12.1 Å². The van der Waals surface area contributed by atoms with Crippen LogP contribution in [0.15, 0.2) is 42.7 Å². The van der Waals surface area contributed by atoms with Gasteiger partial charge in [-0.25, -0.2) is 8.42 Å². The van der Waals surface area contributed by atoms with Crippen molar-refractivity contribution in [1.82, 2.24) is 19.0 Å². The number of piperazine rings is 1. The third-order valence-electron chi connectivity index (χ3n) is 4.39. The van der Waals surface area contributed by atoms with Crippen molar-refractivity contribution < 1.29 is 13.2 Å². The van der Waals surface area contributed by atoms with E-state index in [4.69, 9.17) is 0 Å². The van der Waals surface area contributed by atoms with Crippen LogP contribution >= 0.6 is 0 Å². The molecule has 1 aliphatic rings. The molecule has 0 unspecified atom stereocenters. The maximum atomic E-state index is 12.6. The van der Waals surface area contributed by atoms with Gasteiger partial charge in [-0.05, 0) is 30.7 Å². The summed E-state index contributed by atoms with van der Waals surface area (Å²) in [5, 5.41) is 4.16. The largest absolute Gasteiger partial charge is 0.336 e. The molecule has 1 fully saturated rings. The minimum atomic E-state index is -3.18. The van der Waals surface area contributed by atoms with Crippen molar-refractivity contribution in [2.24, 2.45) is 0 Å². The molecular weight excluding hydrogens is 340 g/mol. The summed E-state index contributed by atoms with van der Waals surface area (Å²) < 4.78 is 27.1. The van der Waals surface area contributed by atoms with E-state index in [9.17, 15) is 13.2 Å². The highest BCUT2D eigenvalue weighted by atomic mass is 32.2. The Morgan fingerprint density at radius 2 is 1.80 bits per heavy atom. The summed E-state index contributed by atoms with van der Waals surface area (Å²) in [6, 6.07) is 9.35. The molecule has 0 saturated carbocycles. The Kier molecular flexibility index (Phi) is 5.19. The van der Waals surface area contributed by atoms with Gasteiger partial charge in [-0.2, -0.15) is 9.40 Å². The van der Waals surface area contributed by atoms with Crippen molar-refractivity contribution in [3.63, 3.8) is 0 Å². The van der Waals surface area contributed by atoms with Gasteiger partial charge in [0.25, 0.3) is 5.91 Å². The topological polar surface area (TPSA) is 75.5 Å². The summed E-state index contributed by atoms with van der Waals surface area (Å²) in [6.07, 6.45) is 3.62. The number of sulfonamides is 1. The van der Waals surface area contributed by atoms with Gasteiger partial charge in [-0.3, -0.25) is 9.48 Å². The van der Waals surface area contributed by atoms with E-state index in [0.29, 0.717) is 38.3 Å². The van der Waals surface area contributed by atoms with Crippen LogP contribution in [0, 0.1) is 0 Å². The maximum Gasteiger partial charge on any atom is 0.253 e. The fraction of sp³-hybridized carbons (Fsp3) is 0.412. The molecule has 0 N–H and O–H groups in total. The quantitative estimate of drug-likeness (QED) is 0.796. The van der Waals surface area contributed by atoms with Crippen LogP contribution < -0.4 is 0 Å². The molecule has 0 radical (unpaired) electrons. The SMILES string of the molecule is CCS(=O)(=O)N1CCN(C(=O)c2ccc(Cn3cccn3)cc2)CC1. The summed E-state index contributed by atoms with van der Waals surface area (Å²) in [5.41, 5.74) is 1.69. The van der Waals surface area contributed by atoms with Crippen molar-refractivity contribution in [2.75, 3.05) is 31.9 Å². The van der Waals surface area contributed by atoms with Crippen molar-refractivity contribution in [1.29, 1.82) is 0 Å². The van der Waals surface area contributed by atoms with E-state index < -0.39 is 10.0 Å². The van der Waals surface area contributed by atoms with E-state index in [1.54, 1.807) is 18.0 Å². The molecule has 1 aliphatic heterocycles. The predicted octanol–water partition coefficient (Wildman–Crippen LogP) is 1.04. The summed E-state index contributed by atoms with van der Waals surface area (Å²) in [6.45, 7) is 3.87. The maximum absolute atomic E-state index is 12.6. The van der Waals surface area contributed by atoms with Gasteiger partial charge in [0.15, 0.2) is 0 Å². The molecule has 2 aromatic rings. The molecule has 7 nitrogen and oxygen atoms in total. The van der Waals surface area contributed by atoms with E-state index in [2.05, 4.69) is 5.10 Å². The molecular formula is C17H22N4O3S. The molecule has 0 aliphatic carbocycles. The van der Waals surface area contributed by atoms with Crippen LogP contribution in [-0.4, -0.2) is 65.2 Å². The van der Waals surface area contributed by atoms with Crippen LogP contribution in [0.25, 0.3) is 0 Å². The van der Waals surface area contributed by atoms with Gasteiger partial charge in [-0.15, -0.1) is 0 Å². The molecule has 1 aromatic carbocycles. The van der Waals surface area contributed by atoms with E-state index in [-0.39, 0.29) is 11.7 Å². The molecule has 134 valence electrons. The highest BCUT2D eigenvalue weighted by molar-refractivity contribution is 7.89. The summed E-state index contributed by atoms with van der Waals surface area (Å²) in [4.78, 5) is 14.3. The highest BCUT2D eigenvalue weighted by Gasteiger charge is 2.27. The number of rotatable bonds is 5. The zero-order chi connectivity index (χ0) is 17.9. The van der Waals surface area contributed by atoms with Gasteiger partial charge in [0.05, 0.1) is 12.3 Å². The second kappa shape index (κ2) is 7.37. The molecule has 0 bridgehead atoms. The number of amides is 1. The zero-order valence-electron chi connectivity index (χ0n) is 14.2. The van der Waals surface area contributed by atoms with Crippen LogP contribution in [-0.2, 0) is 16.6 Å². The smallest absolute Gasteiger partial charge is 0.253 e. The van der Waals surface area contributed by atoms with Crippen LogP contribution in [0.1, 0.15) is 22.8 Å². The predicted molar refractivity (Wildman–Crippen MR) is 94.7 cm³/mol. The standard InChI is InChI=1S/C17H22N4O3S/c1-2-25(23,24)21-12-10-19(11-13-21)17(22)16-6-4-15(5-7-16)14-20-9-3-8-18-20/h3-9H,2,10-14H2,1H3. The molecule has 0 atom stereocenters. The molecule has 0 spiro atoms. The molecule has 3 rings (SSSR count). The third kappa shape index (κ3) is 4.08. The first-order valence-electron chi connectivity index (χ1n) is 8.33. The number of nitrogens with zero attached hydrogens (tertiary/aromatic N) is 4. The summed E-state index contributed by atoms with van der Waals surface area (Å²) in [7, 11) is -3.18. The Balaban J connectivity index is 1.60. The number of carbonyl (C=O) groups excluding carboxylic acids is 1. The lowest BCUT2D eigenvalue weighted by molar-refractivity contribution is 0.0698. The molecule has 1 aromatic heterocycles. The Morgan fingerprint density at radius 3 is 2.36 bits per heavy atom. The van der Waals surface area contributed by atoms with Gasteiger partial charge in [0.2, 0.25) is 10.0 Å². The zero-order valence-corrected chi connectivity index (χ0v) is 15.0. The van der Waals surface area contributed by atoms with Gasteiger partial charge < -0.3 is 4.90 Å². The van der Waals surface area contributed by atoms with Gasteiger partial charge in [0.1, 0.15) is 0 Å². The van der Waals surface area contributed by atoms with Crippen LogP contribution in [0.3, 0.4) is 0 Å². The average molecular weight is 362 g/mol. The van der Waals surface area contributed by atoms with Crippen molar-refractivity contribution in [3.05, 3.63) is 53.9 Å². The third-order valence-corrected chi connectivity index (χ3v) is 6.27. The first kappa shape index (κ1) is 17.6. The van der Waals surface area contributed by atoms with Crippen LogP contribution in [0.4, 0.5) is 0 Å². The monoisotopic (exact) mass is 362 g/mol. The second-order valence-corrected chi connectivity index (χ2v) is 8.25. The van der Waals surface area contributed by atoms with Gasteiger partial charge >= 0.3 is 0 Å². The van der Waals surface area contributed by atoms with Crippen molar-refractivity contribution in [2.45, 2.75) is 13.5 Å². The first-order valence-corrected chi connectivity index (χ1v) is 9.94.